The summed E-state index contributed by atoms with van der Waals surface area (Å²) in [5.41, 5.74) is 2.42. The summed E-state index contributed by atoms with van der Waals surface area (Å²) in [5.74, 6) is 0.124. The molecule has 1 amide bonds. The normalized spacial score (nSPS) is 27.9. The van der Waals surface area contributed by atoms with Gasteiger partial charge in [-0.05, 0) is 55.3 Å². The Morgan fingerprint density at radius 2 is 2.00 bits per heavy atom. The fourth-order valence-corrected chi connectivity index (χ4v) is 3.95. The number of carbonyl (C=O) groups is 1. The number of nitrogens with zero attached hydrogens (tertiary/aromatic N) is 1. The molecule has 3 aliphatic rings. The summed E-state index contributed by atoms with van der Waals surface area (Å²) in [6.45, 7) is 0.430. The van der Waals surface area contributed by atoms with Gasteiger partial charge in [-0.25, -0.2) is 0 Å². The van der Waals surface area contributed by atoms with Crippen LogP contribution in [0.4, 0.5) is 0 Å². The summed E-state index contributed by atoms with van der Waals surface area (Å²) in [6, 6.07) is 6.44. The van der Waals surface area contributed by atoms with Crippen molar-refractivity contribution in [2.75, 3.05) is 0 Å². The zero-order valence-electron chi connectivity index (χ0n) is 11.4. The van der Waals surface area contributed by atoms with Crippen LogP contribution in [0.15, 0.2) is 18.2 Å². The van der Waals surface area contributed by atoms with Gasteiger partial charge in [0.2, 0.25) is 0 Å². The molecular formula is C15H18BNO3. The van der Waals surface area contributed by atoms with Crippen LogP contribution in [0.3, 0.4) is 0 Å². The average molecular weight is 271 g/mol. The second kappa shape index (κ2) is 4.60. The summed E-state index contributed by atoms with van der Waals surface area (Å²) in [5, 5.41) is 9.77. The standard InChI is InChI=1S/C15H18BNO3/c18-15(17-12-2-1-3-13(17)7-6-12)10-4-5-11-9-20-16(19)14(11)8-10/h4-5,8,12-13,19H,1-3,6-7,9H2. The zero-order chi connectivity index (χ0) is 13.7. The molecule has 20 heavy (non-hydrogen) atoms. The van der Waals surface area contributed by atoms with Gasteiger partial charge in [0.05, 0.1) is 6.61 Å². The van der Waals surface area contributed by atoms with Crippen molar-refractivity contribution in [1.29, 1.82) is 0 Å². The van der Waals surface area contributed by atoms with Gasteiger partial charge in [0.15, 0.2) is 0 Å². The van der Waals surface area contributed by atoms with Crippen LogP contribution in [0.5, 0.6) is 0 Å². The molecule has 2 fully saturated rings. The fourth-order valence-electron chi connectivity index (χ4n) is 3.95. The van der Waals surface area contributed by atoms with Gasteiger partial charge in [-0.2, -0.15) is 0 Å². The summed E-state index contributed by atoms with van der Waals surface area (Å²) in [6.07, 6.45) is 5.81. The molecule has 3 aliphatic heterocycles. The largest absolute Gasteiger partial charge is 0.491 e. The second-order valence-electron chi connectivity index (χ2n) is 6.11. The van der Waals surface area contributed by atoms with Gasteiger partial charge >= 0.3 is 7.12 Å². The van der Waals surface area contributed by atoms with Crippen LogP contribution >= 0.6 is 0 Å². The van der Waals surface area contributed by atoms with E-state index in [0.717, 1.165) is 36.7 Å². The number of hydrogen-bond acceptors (Lipinski definition) is 3. The van der Waals surface area contributed by atoms with Crippen molar-refractivity contribution < 1.29 is 14.5 Å². The van der Waals surface area contributed by atoms with Crippen LogP contribution in [-0.4, -0.2) is 35.0 Å². The van der Waals surface area contributed by atoms with Gasteiger partial charge in [0, 0.05) is 17.6 Å². The lowest BCUT2D eigenvalue weighted by Gasteiger charge is -2.35. The highest BCUT2D eigenvalue weighted by atomic mass is 16.5. The second-order valence-corrected chi connectivity index (χ2v) is 6.11. The first-order valence-electron chi connectivity index (χ1n) is 7.49. The molecule has 1 N–H and O–H groups in total. The van der Waals surface area contributed by atoms with Crippen LogP contribution in [0.2, 0.25) is 0 Å². The molecule has 4 rings (SSSR count). The van der Waals surface area contributed by atoms with E-state index in [4.69, 9.17) is 4.65 Å². The number of carbonyl (C=O) groups excluding carboxylic acids is 1. The quantitative estimate of drug-likeness (QED) is 0.777. The van der Waals surface area contributed by atoms with Gasteiger partial charge in [0.1, 0.15) is 0 Å². The van der Waals surface area contributed by atoms with Crippen LogP contribution in [0, 0.1) is 0 Å². The predicted octanol–water partition coefficient (Wildman–Crippen LogP) is 1.06. The molecule has 0 radical (unpaired) electrons. The van der Waals surface area contributed by atoms with E-state index in [1.165, 1.54) is 6.42 Å². The van der Waals surface area contributed by atoms with Crippen molar-refractivity contribution >= 4 is 18.5 Å². The van der Waals surface area contributed by atoms with Crippen molar-refractivity contribution in [2.45, 2.75) is 50.8 Å². The lowest BCUT2D eigenvalue weighted by molar-refractivity contribution is 0.0595. The van der Waals surface area contributed by atoms with Crippen molar-refractivity contribution in [3.8, 4) is 0 Å². The van der Waals surface area contributed by atoms with Gasteiger partial charge < -0.3 is 14.6 Å². The Hall–Kier alpha value is -1.33. The highest BCUT2D eigenvalue weighted by Gasteiger charge is 2.40. The molecule has 4 nitrogen and oxygen atoms in total. The highest BCUT2D eigenvalue weighted by molar-refractivity contribution is 6.61. The predicted molar refractivity (Wildman–Crippen MR) is 75.7 cm³/mol. The van der Waals surface area contributed by atoms with Gasteiger partial charge in [-0.1, -0.05) is 6.07 Å². The minimum absolute atomic E-state index is 0.124. The minimum atomic E-state index is -0.879. The monoisotopic (exact) mass is 271 g/mol. The van der Waals surface area contributed by atoms with E-state index >= 15 is 0 Å². The number of fused-ring (bicyclic) bond motifs is 3. The molecule has 0 spiro atoms. The van der Waals surface area contributed by atoms with Gasteiger partial charge in [-0.15, -0.1) is 0 Å². The lowest BCUT2D eigenvalue weighted by Crippen LogP contribution is -2.44. The Morgan fingerprint density at radius 1 is 1.25 bits per heavy atom. The molecule has 2 atom stereocenters. The number of amides is 1. The average Bonchev–Trinajstić information content (AvgIpc) is 2.96. The molecule has 104 valence electrons. The zero-order valence-corrected chi connectivity index (χ0v) is 11.4. The third-order valence-corrected chi connectivity index (χ3v) is 4.98. The summed E-state index contributed by atoms with van der Waals surface area (Å²) < 4.78 is 5.19. The molecule has 1 aromatic rings. The van der Waals surface area contributed by atoms with Gasteiger partial charge in [0.25, 0.3) is 5.91 Å². The Kier molecular flexibility index (Phi) is 2.86. The summed E-state index contributed by atoms with van der Waals surface area (Å²) >= 11 is 0. The van der Waals surface area contributed by atoms with E-state index in [-0.39, 0.29) is 5.91 Å². The Balaban J connectivity index is 1.65. The van der Waals surface area contributed by atoms with E-state index in [1.807, 2.05) is 18.2 Å². The van der Waals surface area contributed by atoms with Crippen LogP contribution in [0.1, 0.15) is 48.0 Å². The molecule has 3 heterocycles. The molecule has 2 bridgehead atoms. The fraction of sp³-hybridized carbons (Fsp3) is 0.533. The molecule has 2 saturated heterocycles. The Labute approximate surface area is 118 Å². The van der Waals surface area contributed by atoms with Gasteiger partial charge in [-0.3, -0.25) is 4.79 Å². The first-order chi connectivity index (χ1) is 9.74. The third kappa shape index (κ3) is 1.80. The van der Waals surface area contributed by atoms with E-state index in [1.54, 1.807) is 0 Å². The topological polar surface area (TPSA) is 49.8 Å². The third-order valence-electron chi connectivity index (χ3n) is 4.98. The maximum Gasteiger partial charge on any atom is 0.491 e. The molecule has 0 aliphatic carbocycles. The first-order valence-corrected chi connectivity index (χ1v) is 7.49. The molecule has 0 aromatic heterocycles. The first kappa shape index (κ1) is 12.4. The maximum atomic E-state index is 12.8. The summed E-state index contributed by atoms with van der Waals surface area (Å²) in [7, 11) is -0.879. The molecule has 0 saturated carbocycles. The van der Waals surface area contributed by atoms with Crippen LogP contribution < -0.4 is 5.46 Å². The smallest absolute Gasteiger partial charge is 0.423 e. The number of rotatable bonds is 1. The summed E-state index contributed by atoms with van der Waals surface area (Å²) in [4.78, 5) is 14.9. The van der Waals surface area contributed by atoms with Crippen molar-refractivity contribution in [3.63, 3.8) is 0 Å². The number of benzene rings is 1. The van der Waals surface area contributed by atoms with Crippen molar-refractivity contribution in [1.82, 2.24) is 4.90 Å². The van der Waals surface area contributed by atoms with E-state index < -0.39 is 7.12 Å². The molecule has 2 unspecified atom stereocenters. The molecule has 1 aromatic carbocycles. The van der Waals surface area contributed by atoms with Crippen LogP contribution in [-0.2, 0) is 11.3 Å². The Morgan fingerprint density at radius 3 is 2.75 bits per heavy atom. The molecular weight excluding hydrogens is 253 g/mol. The molecule has 5 heteroatoms. The lowest BCUT2D eigenvalue weighted by atomic mass is 9.78. The Bertz CT molecular complexity index is 546. The maximum absolute atomic E-state index is 12.8. The van der Waals surface area contributed by atoms with Crippen molar-refractivity contribution in [2.24, 2.45) is 0 Å². The highest BCUT2D eigenvalue weighted by Crippen LogP contribution is 2.36. The van der Waals surface area contributed by atoms with E-state index in [2.05, 4.69) is 4.90 Å². The minimum Gasteiger partial charge on any atom is -0.423 e. The van der Waals surface area contributed by atoms with E-state index in [9.17, 15) is 9.82 Å². The van der Waals surface area contributed by atoms with Crippen LogP contribution in [0.25, 0.3) is 0 Å². The SMILES string of the molecule is O=C(c1ccc2c(c1)B(O)OC2)N1C2CCCC1CC2. The number of piperidine rings is 1. The van der Waals surface area contributed by atoms with E-state index in [0.29, 0.717) is 24.3 Å². The van der Waals surface area contributed by atoms with Crippen molar-refractivity contribution in [3.05, 3.63) is 29.3 Å². The number of hydrogen-bond donors (Lipinski definition) is 1.